The molecule has 3 aromatic rings. The number of aromatic nitrogens is 2. The lowest BCUT2D eigenvalue weighted by Gasteiger charge is -2.36. The Labute approximate surface area is 172 Å². The first-order valence-electron chi connectivity index (χ1n) is 10.7. The normalized spacial score (nSPS) is 19.0. The molecule has 3 heterocycles. The van der Waals surface area contributed by atoms with E-state index in [4.69, 9.17) is 9.72 Å². The maximum atomic E-state index is 5.47. The van der Waals surface area contributed by atoms with Gasteiger partial charge in [-0.05, 0) is 41.7 Å². The summed E-state index contributed by atoms with van der Waals surface area (Å²) in [6, 6.07) is 17.0. The van der Waals surface area contributed by atoms with Gasteiger partial charge in [-0.15, -0.1) is 0 Å². The summed E-state index contributed by atoms with van der Waals surface area (Å²) >= 11 is 0. The van der Waals surface area contributed by atoms with Crippen molar-refractivity contribution in [3.63, 3.8) is 0 Å². The van der Waals surface area contributed by atoms with Crippen LogP contribution in [-0.4, -0.2) is 60.8 Å². The molecular weight excluding hydrogens is 360 g/mol. The number of hydrogen-bond donors (Lipinski definition) is 0. The van der Waals surface area contributed by atoms with Gasteiger partial charge in [-0.3, -0.25) is 4.90 Å². The Bertz CT molecular complexity index is 962. The summed E-state index contributed by atoms with van der Waals surface area (Å²) in [6.45, 7) is 7.21. The highest BCUT2D eigenvalue weighted by Crippen LogP contribution is 2.26. The number of nitrogens with zero attached hydrogens (tertiary/aromatic N) is 4. The molecule has 5 nitrogen and oxygen atoms in total. The second kappa shape index (κ2) is 8.47. The highest BCUT2D eigenvalue weighted by Gasteiger charge is 2.23. The fourth-order valence-electron chi connectivity index (χ4n) is 4.47. The Morgan fingerprint density at radius 2 is 1.69 bits per heavy atom. The number of ether oxygens (including phenoxy) is 1. The van der Waals surface area contributed by atoms with Gasteiger partial charge < -0.3 is 9.64 Å². The second-order valence-electron chi connectivity index (χ2n) is 8.15. The molecule has 5 rings (SSSR count). The van der Waals surface area contributed by atoms with Crippen molar-refractivity contribution in [2.24, 2.45) is 5.92 Å². The molecule has 150 valence electrons. The molecule has 0 unspecified atom stereocenters. The average molecular weight is 389 g/mol. The van der Waals surface area contributed by atoms with Crippen LogP contribution in [0, 0.1) is 5.92 Å². The number of benzene rings is 2. The van der Waals surface area contributed by atoms with E-state index in [9.17, 15) is 0 Å². The van der Waals surface area contributed by atoms with E-state index in [2.05, 4.69) is 57.2 Å². The standard InChI is InChI=1S/C24H28N4O/c1-2-4-21-17-22(6-5-20(21)3-1)23-7-10-25-24(26-23)28-11-8-19(9-12-28)18-27-13-15-29-16-14-27/h1-7,10,17,19H,8-9,11-16,18H2. The molecule has 0 N–H and O–H groups in total. The molecule has 29 heavy (non-hydrogen) atoms. The van der Waals surface area contributed by atoms with E-state index < -0.39 is 0 Å². The van der Waals surface area contributed by atoms with Crippen molar-refractivity contribution >= 4 is 16.7 Å². The summed E-state index contributed by atoms with van der Waals surface area (Å²) in [5.74, 6) is 1.63. The van der Waals surface area contributed by atoms with E-state index in [1.165, 1.54) is 30.2 Å². The fraction of sp³-hybridized carbons (Fsp3) is 0.417. The molecule has 5 heteroatoms. The maximum absolute atomic E-state index is 5.47. The van der Waals surface area contributed by atoms with E-state index in [0.29, 0.717) is 0 Å². The van der Waals surface area contributed by atoms with Crippen LogP contribution in [-0.2, 0) is 4.74 Å². The predicted octanol–water partition coefficient (Wildman–Crippen LogP) is 3.85. The van der Waals surface area contributed by atoms with Gasteiger partial charge in [0.15, 0.2) is 0 Å². The smallest absolute Gasteiger partial charge is 0.225 e. The maximum Gasteiger partial charge on any atom is 0.225 e. The highest BCUT2D eigenvalue weighted by molar-refractivity contribution is 5.86. The minimum absolute atomic E-state index is 0.771. The molecule has 0 radical (unpaired) electrons. The molecule has 2 fully saturated rings. The molecule has 2 aliphatic heterocycles. The van der Waals surface area contributed by atoms with E-state index in [1.54, 1.807) is 0 Å². The van der Waals surface area contributed by atoms with Gasteiger partial charge >= 0.3 is 0 Å². The zero-order valence-corrected chi connectivity index (χ0v) is 16.8. The number of morpholine rings is 1. The predicted molar refractivity (Wildman–Crippen MR) is 117 cm³/mol. The Morgan fingerprint density at radius 1 is 0.897 bits per heavy atom. The minimum atomic E-state index is 0.771. The van der Waals surface area contributed by atoms with Crippen molar-refractivity contribution in [3.8, 4) is 11.3 Å². The molecule has 0 saturated carbocycles. The van der Waals surface area contributed by atoms with Crippen LogP contribution in [0.15, 0.2) is 54.7 Å². The first kappa shape index (κ1) is 18.5. The first-order valence-corrected chi connectivity index (χ1v) is 10.7. The van der Waals surface area contributed by atoms with Gasteiger partial charge in [0.2, 0.25) is 5.95 Å². The molecule has 2 aliphatic rings. The summed E-state index contributed by atoms with van der Waals surface area (Å²) in [7, 11) is 0. The van der Waals surface area contributed by atoms with Crippen molar-refractivity contribution in [2.45, 2.75) is 12.8 Å². The van der Waals surface area contributed by atoms with E-state index in [0.717, 1.165) is 62.5 Å². The Balaban J connectivity index is 1.26. The van der Waals surface area contributed by atoms with Crippen molar-refractivity contribution in [2.75, 3.05) is 50.8 Å². The lowest BCUT2D eigenvalue weighted by atomic mass is 9.96. The van der Waals surface area contributed by atoms with Crippen LogP contribution in [0.2, 0.25) is 0 Å². The molecular formula is C24H28N4O. The number of piperidine rings is 1. The zero-order valence-electron chi connectivity index (χ0n) is 16.8. The summed E-state index contributed by atoms with van der Waals surface area (Å²) in [4.78, 5) is 14.4. The van der Waals surface area contributed by atoms with Gasteiger partial charge in [0.25, 0.3) is 0 Å². The molecule has 0 bridgehead atoms. The molecule has 0 atom stereocenters. The lowest BCUT2D eigenvalue weighted by molar-refractivity contribution is 0.0289. The third kappa shape index (κ3) is 4.26. The van der Waals surface area contributed by atoms with Crippen molar-refractivity contribution in [3.05, 3.63) is 54.7 Å². The molecule has 1 aromatic heterocycles. The lowest BCUT2D eigenvalue weighted by Crippen LogP contribution is -2.43. The van der Waals surface area contributed by atoms with Gasteiger partial charge in [-0.1, -0.05) is 36.4 Å². The van der Waals surface area contributed by atoms with Crippen molar-refractivity contribution in [1.29, 1.82) is 0 Å². The molecule has 2 aromatic carbocycles. The van der Waals surface area contributed by atoms with Crippen LogP contribution >= 0.6 is 0 Å². The van der Waals surface area contributed by atoms with Crippen LogP contribution in [0.5, 0.6) is 0 Å². The molecule has 0 aliphatic carbocycles. The fourth-order valence-corrected chi connectivity index (χ4v) is 4.47. The van der Waals surface area contributed by atoms with Gasteiger partial charge in [-0.2, -0.15) is 0 Å². The van der Waals surface area contributed by atoms with Crippen LogP contribution < -0.4 is 4.90 Å². The van der Waals surface area contributed by atoms with Crippen molar-refractivity contribution < 1.29 is 4.74 Å². The highest BCUT2D eigenvalue weighted by atomic mass is 16.5. The van der Waals surface area contributed by atoms with E-state index >= 15 is 0 Å². The minimum Gasteiger partial charge on any atom is -0.379 e. The van der Waals surface area contributed by atoms with Gasteiger partial charge in [0.05, 0.1) is 18.9 Å². The van der Waals surface area contributed by atoms with Gasteiger partial charge in [0.1, 0.15) is 0 Å². The summed E-state index contributed by atoms with van der Waals surface area (Å²) in [5.41, 5.74) is 2.14. The topological polar surface area (TPSA) is 41.5 Å². The monoisotopic (exact) mass is 388 g/mol. The number of rotatable bonds is 4. The number of fused-ring (bicyclic) bond motifs is 1. The molecule has 2 saturated heterocycles. The average Bonchev–Trinajstić information content (AvgIpc) is 2.80. The SMILES string of the molecule is c1ccc2cc(-c3ccnc(N4CCC(CN5CCOCC5)CC4)n3)ccc2c1. The summed E-state index contributed by atoms with van der Waals surface area (Å²) in [6.07, 6.45) is 4.31. The first-order chi connectivity index (χ1) is 14.3. The Morgan fingerprint density at radius 3 is 2.52 bits per heavy atom. The third-order valence-corrected chi connectivity index (χ3v) is 6.21. The van der Waals surface area contributed by atoms with Crippen LogP contribution in [0.25, 0.3) is 22.0 Å². The van der Waals surface area contributed by atoms with Crippen LogP contribution in [0.1, 0.15) is 12.8 Å². The van der Waals surface area contributed by atoms with E-state index in [1.807, 2.05) is 12.3 Å². The molecule has 0 spiro atoms. The second-order valence-corrected chi connectivity index (χ2v) is 8.15. The van der Waals surface area contributed by atoms with Crippen LogP contribution in [0.4, 0.5) is 5.95 Å². The van der Waals surface area contributed by atoms with Gasteiger partial charge in [0, 0.05) is 44.5 Å². The Hall–Kier alpha value is -2.50. The van der Waals surface area contributed by atoms with Crippen molar-refractivity contribution in [1.82, 2.24) is 14.9 Å². The van der Waals surface area contributed by atoms with Crippen LogP contribution in [0.3, 0.4) is 0 Å². The largest absolute Gasteiger partial charge is 0.379 e. The Kier molecular flexibility index (Phi) is 5.41. The molecule has 0 amide bonds. The summed E-state index contributed by atoms with van der Waals surface area (Å²) < 4.78 is 5.47. The number of anilines is 1. The number of hydrogen-bond acceptors (Lipinski definition) is 5. The van der Waals surface area contributed by atoms with Gasteiger partial charge in [-0.25, -0.2) is 9.97 Å². The quantitative estimate of drug-likeness (QED) is 0.679. The zero-order chi connectivity index (χ0) is 19.5. The third-order valence-electron chi connectivity index (χ3n) is 6.21. The summed E-state index contributed by atoms with van der Waals surface area (Å²) in [5, 5.41) is 2.50. The van der Waals surface area contributed by atoms with E-state index in [-0.39, 0.29) is 0 Å².